The third-order valence-corrected chi connectivity index (χ3v) is 5.20. The predicted molar refractivity (Wildman–Crippen MR) is 113 cm³/mol. The van der Waals surface area contributed by atoms with Crippen LogP contribution in [0, 0.1) is 0 Å². The Hall–Kier alpha value is -3.23. The standard InChI is InChI=1S/C23H27F2N3O4/c1-14(2)31-21-11-16(7-8-20(21)32-23(24)25)17-10-19(28(13-17)15(3)29)22(30)27-12-18-6-4-5-9-26-18/h4-9,11,14,17,19,23H,10,12-13H2,1-3H3,(H,27,30)/t17?,19-/m1/s1. The molecule has 1 N–H and O–H groups in total. The predicted octanol–water partition coefficient (Wildman–Crippen LogP) is 3.49. The SMILES string of the molecule is CC(=O)N1CC(c2ccc(OC(F)F)c(OC(C)C)c2)C[C@@H]1C(=O)NCc1ccccn1. The van der Waals surface area contributed by atoms with Crippen molar-refractivity contribution in [3.63, 3.8) is 0 Å². The van der Waals surface area contributed by atoms with E-state index in [2.05, 4.69) is 15.0 Å². The Morgan fingerprint density at radius 2 is 1.97 bits per heavy atom. The van der Waals surface area contributed by atoms with E-state index in [1.54, 1.807) is 44.3 Å². The summed E-state index contributed by atoms with van der Waals surface area (Å²) >= 11 is 0. The molecule has 7 nitrogen and oxygen atoms in total. The second-order valence-electron chi connectivity index (χ2n) is 7.91. The van der Waals surface area contributed by atoms with Gasteiger partial charge >= 0.3 is 6.61 Å². The molecule has 0 spiro atoms. The van der Waals surface area contributed by atoms with Crippen LogP contribution >= 0.6 is 0 Å². The fourth-order valence-electron chi connectivity index (χ4n) is 3.79. The topological polar surface area (TPSA) is 80.8 Å². The number of halogens is 2. The van der Waals surface area contributed by atoms with E-state index in [1.807, 2.05) is 6.07 Å². The largest absolute Gasteiger partial charge is 0.487 e. The summed E-state index contributed by atoms with van der Waals surface area (Å²) in [5.41, 5.74) is 1.50. The number of carbonyl (C=O) groups is 2. The maximum absolute atomic E-state index is 12.8. The summed E-state index contributed by atoms with van der Waals surface area (Å²) in [4.78, 5) is 30.8. The van der Waals surface area contributed by atoms with E-state index < -0.39 is 12.7 Å². The number of benzene rings is 1. The number of nitrogens with one attached hydrogen (secondary N) is 1. The zero-order chi connectivity index (χ0) is 23.3. The number of amides is 2. The molecule has 1 unspecified atom stereocenters. The molecule has 1 saturated heterocycles. The van der Waals surface area contributed by atoms with Crippen molar-refractivity contribution in [3.05, 3.63) is 53.9 Å². The van der Waals surface area contributed by atoms with Crippen LogP contribution in [0.3, 0.4) is 0 Å². The molecule has 3 rings (SSSR count). The molecular formula is C23H27F2N3O4. The van der Waals surface area contributed by atoms with E-state index in [-0.39, 0.29) is 41.9 Å². The van der Waals surface area contributed by atoms with Crippen LogP contribution in [0.2, 0.25) is 0 Å². The smallest absolute Gasteiger partial charge is 0.387 e. The molecule has 1 aromatic heterocycles. The number of nitrogens with zero attached hydrogens (tertiary/aromatic N) is 2. The Morgan fingerprint density at radius 3 is 2.59 bits per heavy atom. The Labute approximate surface area is 185 Å². The Balaban J connectivity index is 1.76. The molecule has 32 heavy (non-hydrogen) atoms. The Bertz CT molecular complexity index is 940. The summed E-state index contributed by atoms with van der Waals surface area (Å²) in [6, 6.07) is 9.55. The van der Waals surface area contributed by atoms with Crippen molar-refractivity contribution >= 4 is 11.8 Å². The normalized spacial score (nSPS) is 18.2. The van der Waals surface area contributed by atoms with Gasteiger partial charge in [-0.3, -0.25) is 14.6 Å². The number of ether oxygens (including phenoxy) is 2. The van der Waals surface area contributed by atoms with E-state index >= 15 is 0 Å². The lowest BCUT2D eigenvalue weighted by Gasteiger charge is -2.22. The number of hydrogen-bond acceptors (Lipinski definition) is 5. The lowest BCUT2D eigenvalue weighted by molar-refractivity contribution is -0.136. The molecule has 1 aliphatic rings. The van der Waals surface area contributed by atoms with Crippen LogP contribution in [-0.4, -0.2) is 47.0 Å². The first kappa shape index (κ1) is 23.4. The van der Waals surface area contributed by atoms with Crippen molar-refractivity contribution in [3.8, 4) is 11.5 Å². The Kier molecular flexibility index (Phi) is 7.61. The maximum atomic E-state index is 12.8. The average molecular weight is 447 g/mol. The molecule has 0 aliphatic carbocycles. The molecule has 2 heterocycles. The minimum Gasteiger partial charge on any atom is -0.487 e. The summed E-state index contributed by atoms with van der Waals surface area (Å²) in [6.07, 6.45) is 1.81. The van der Waals surface area contributed by atoms with Crippen molar-refractivity contribution in [2.24, 2.45) is 0 Å². The summed E-state index contributed by atoms with van der Waals surface area (Å²) in [7, 11) is 0. The highest BCUT2D eigenvalue weighted by Crippen LogP contribution is 2.38. The van der Waals surface area contributed by atoms with E-state index in [0.717, 1.165) is 11.3 Å². The van der Waals surface area contributed by atoms with Crippen LogP contribution in [0.5, 0.6) is 11.5 Å². The zero-order valence-electron chi connectivity index (χ0n) is 18.3. The molecule has 2 amide bonds. The van der Waals surface area contributed by atoms with Gasteiger partial charge in [0.2, 0.25) is 11.8 Å². The zero-order valence-corrected chi connectivity index (χ0v) is 18.3. The Morgan fingerprint density at radius 1 is 1.19 bits per heavy atom. The fraction of sp³-hybridized carbons (Fsp3) is 0.435. The minimum atomic E-state index is -2.97. The molecule has 0 radical (unpaired) electrons. The molecular weight excluding hydrogens is 420 g/mol. The highest BCUT2D eigenvalue weighted by Gasteiger charge is 2.39. The number of hydrogen-bond donors (Lipinski definition) is 1. The van der Waals surface area contributed by atoms with E-state index in [9.17, 15) is 18.4 Å². The highest BCUT2D eigenvalue weighted by molar-refractivity contribution is 5.87. The lowest BCUT2D eigenvalue weighted by atomic mass is 9.95. The van der Waals surface area contributed by atoms with Crippen LogP contribution in [0.15, 0.2) is 42.6 Å². The number of pyridine rings is 1. The van der Waals surface area contributed by atoms with Gasteiger partial charge in [0.15, 0.2) is 11.5 Å². The second-order valence-corrected chi connectivity index (χ2v) is 7.91. The summed E-state index contributed by atoms with van der Waals surface area (Å²) in [5.74, 6) is -0.468. The fourth-order valence-corrected chi connectivity index (χ4v) is 3.79. The van der Waals surface area contributed by atoms with Crippen LogP contribution in [0.25, 0.3) is 0 Å². The molecule has 9 heteroatoms. The summed E-state index contributed by atoms with van der Waals surface area (Å²) in [5, 5.41) is 2.84. The second kappa shape index (κ2) is 10.4. The number of alkyl halides is 2. The van der Waals surface area contributed by atoms with Crippen LogP contribution in [0.1, 0.15) is 44.4 Å². The van der Waals surface area contributed by atoms with Crippen LogP contribution in [0.4, 0.5) is 8.78 Å². The average Bonchev–Trinajstić information content (AvgIpc) is 3.19. The van der Waals surface area contributed by atoms with Gasteiger partial charge in [0.1, 0.15) is 6.04 Å². The lowest BCUT2D eigenvalue weighted by Crippen LogP contribution is -2.45. The van der Waals surface area contributed by atoms with Gasteiger partial charge < -0.3 is 19.7 Å². The molecule has 0 bridgehead atoms. The highest BCUT2D eigenvalue weighted by atomic mass is 19.3. The van der Waals surface area contributed by atoms with Gasteiger partial charge in [0, 0.05) is 25.6 Å². The van der Waals surface area contributed by atoms with E-state index in [4.69, 9.17) is 4.74 Å². The molecule has 172 valence electrons. The third-order valence-electron chi connectivity index (χ3n) is 5.20. The molecule has 1 aromatic carbocycles. The monoisotopic (exact) mass is 447 g/mol. The number of rotatable bonds is 8. The van der Waals surface area contributed by atoms with Crippen molar-refractivity contribution < 1.29 is 27.8 Å². The quantitative estimate of drug-likeness (QED) is 0.670. The molecule has 0 saturated carbocycles. The minimum absolute atomic E-state index is 0.0523. The van der Waals surface area contributed by atoms with E-state index in [1.165, 1.54) is 17.9 Å². The van der Waals surface area contributed by atoms with Gasteiger partial charge in [-0.15, -0.1) is 0 Å². The van der Waals surface area contributed by atoms with Gasteiger partial charge in [-0.05, 0) is 50.1 Å². The van der Waals surface area contributed by atoms with Gasteiger partial charge in [-0.1, -0.05) is 12.1 Å². The number of carbonyl (C=O) groups excluding carboxylic acids is 2. The molecule has 1 fully saturated rings. The number of aromatic nitrogens is 1. The number of likely N-dealkylation sites (tertiary alicyclic amines) is 1. The molecule has 2 aromatic rings. The van der Waals surface area contributed by atoms with Gasteiger partial charge in [-0.25, -0.2) is 0 Å². The van der Waals surface area contributed by atoms with Crippen molar-refractivity contribution in [1.29, 1.82) is 0 Å². The van der Waals surface area contributed by atoms with Gasteiger partial charge in [0.25, 0.3) is 0 Å². The van der Waals surface area contributed by atoms with E-state index in [0.29, 0.717) is 13.0 Å². The summed E-state index contributed by atoms with van der Waals surface area (Å²) < 4.78 is 35.7. The molecule has 2 atom stereocenters. The molecule has 1 aliphatic heterocycles. The summed E-state index contributed by atoms with van der Waals surface area (Å²) in [6.45, 7) is 2.63. The van der Waals surface area contributed by atoms with Gasteiger partial charge in [-0.2, -0.15) is 8.78 Å². The first-order valence-corrected chi connectivity index (χ1v) is 10.4. The van der Waals surface area contributed by atoms with Crippen molar-refractivity contribution in [2.75, 3.05) is 6.54 Å². The van der Waals surface area contributed by atoms with Crippen molar-refractivity contribution in [1.82, 2.24) is 15.2 Å². The third kappa shape index (κ3) is 5.93. The van der Waals surface area contributed by atoms with Crippen LogP contribution < -0.4 is 14.8 Å². The first-order chi connectivity index (χ1) is 15.2. The van der Waals surface area contributed by atoms with Crippen molar-refractivity contribution in [2.45, 2.75) is 58.4 Å². The first-order valence-electron chi connectivity index (χ1n) is 10.4. The van der Waals surface area contributed by atoms with Gasteiger partial charge in [0.05, 0.1) is 18.3 Å². The van der Waals surface area contributed by atoms with Crippen LogP contribution in [-0.2, 0) is 16.1 Å². The maximum Gasteiger partial charge on any atom is 0.387 e.